The van der Waals surface area contributed by atoms with Crippen LogP contribution in [0.2, 0.25) is 10.0 Å². The number of ether oxygens (including phenoxy) is 1. The van der Waals surface area contributed by atoms with Crippen LogP contribution in [0.4, 0.5) is 14.5 Å². The second-order valence-corrected chi connectivity index (χ2v) is 11.6. The van der Waals surface area contributed by atoms with E-state index in [1.807, 2.05) is 20.8 Å². The van der Waals surface area contributed by atoms with Gasteiger partial charge in [-0.15, -0.1) is 0 Å². The molecule has 4 atom stereocenters. The first-order chi connectivity index (χ1) is 18.4. The highest BCUT2D eigenvalue weighted by Gasteiger charge is 2.61. The van der Waals surface area contributed by atoms with Crippen molar-refractivity contribution in [1.29, 1.82) is 5.26 Å². The number of nitriles is 1. The van der Waals surface area contributed by atoms with Crippen molar-refractivity contribution in [3.8, 4) is 11.9 Å². The minimum absolute atomic E-state index is 0.0152. The molecular formula is C29H28Cl2F2N4O2. The molecule has 2 heterocycles. The number of carbonyl (C=O) groups excluding carboxylic acids is 1. The standard InChI is InChI=1S/C29H28Cl2F2N4O2/c1-28(2,3)14-22-29(15-34,19-9-8-16(30)12-21(19)32)24(18-6-5-7-20(31)25(18)33)26(37-22)27(38)36-17-10-11-35-23(13-17)39-4/h5-13,22,24,26,37H,14H2,1-4H3,(H,35,36,38). The molecule has 4 rings (SSSR count). The maximum absolute atomic E-state index is 15.7. The molecule has 0 spiro atoms. The number of amides is 1. The van der Waals surface area contributed by atoms with Crippen molar-refractivity contribution in [3.05, 3.63) is 87.5 Å². The van der Waals surface area contributed by atoms with Crippen LogP contribution in [0.15, 0.2) is 54.7 Å². The van der Waals surface area contributed by atoms with E-state index in [9.17, 15) is 10.1 Å². The van der Waals surface area contributed by atoms with Crippen LogP contribution < -0.4 is 15.4 Å². The van der Waals surface area contributed by atoms with Crippen LogP contribution in [0.5, 0.6) is 5.88 Å². The normalized spacial score (nSPS) is 22.8. The third-order valence-electron chi connectivity index (χ3n) is 6.94. The number of hydrogen-bond donors (Lipinski definition) is 2. The van der Waals surface area contributed by atoms with E-state index in [0.29, 0.717) is 12.1 Å². The average Bonchev–Trinajstić information content (AvgIpc) is 3.18. The summed E-state index contributed by atoms with van der Waals surface area (Å²) in [5.74, 6) is -2.92. The highest BCUT2D eigenvalue weighted by atomic mass is 35.5. The van der Waals surface area contributed by atoms with Crippen molar-refractivity contribution in [3.63, 3.8) is 0 Å². The second kappa shape index (κ2) is 11.1. The van der Waals surface area contributed by atoms with E-state index < -0.39 is 41.0 Å². The topological polar surface area (TPSA) is 87.0 Å². The van der Waals surface area contributed by atoms with E-state index in [2.05, 4.69) is 21.7 Å². The fourth-order valence-corrected chi connectivity index (χ4v) is 5.72. The average molecular weight is 573 g/mol. The molecule has 4 unspecified atom stereocenters. The van der Waals surface area contributed by atoms with Crippen LogP contribution in [0, 0.1) is 28.4 Å². The number of aromatic nitrogens is 1. The molecule has 1 aliphatic rings. The summed E-state index contributed by atoms with van der Waals surface area (Å²) in [4.78, 5) is 17.9. The van der Waals surface area contributed by atoms with Gasteiger partial charge in [0.2, 0.25) is 11.8 Å². The number of methoxy groups -OCH3 is 1. The first kappa shape index (κ1) is 28.8. The molecular weight excluding hydrogens is 545 g/mol. The van der Waals surface area contributed by atoms with Crippen LogP contribution in [0.1, 0.15) is 44.2 Å². The number of rotatable bonds is 6. The van der Waals surface area contributed by atoms with Crippen molar-refractivity contribution < 1.29 is 18.3 Å². The van der Waals surface area contributed by atoms with Gasteiger partial charge in [-0.25, -0.2) is 13.8 Å². The summed E-state index contributed by atoms with van der Waals surface area (Å²) in [5, 5.41) is 16.9. The summed E-state index contributed by atoms with van der Waals surface area (Å²) < 4.78 is 36.5. The minimum Gasteiger partial charge on any atom is -0.481 e. The summed E-state index contributed by atoms with van der Waals surface area (Å²) >= 11 is 12.2. The third kappa shape index (κ3) is 5.58. The first-order valence-electron chi connectivity index (χ1n) is 12.3. The Labute approximate surface area is 236 Å². The third-order valence-corrected chi connectivity index (χ3v) is 7.47. The Hall–Kier alpha value is -3.25. The van der Waals surface area contributed by atoms with Gasteiger partial charge < -0.3 is 15.4 Å². The molecule has 1 saturated heterocycles. The maximum atomic E-state index is 15.7. The molecule has 1 fully saturated rings. The van der Waals surface area contributed by atoms with E-state index in [4.69, 9.17) is 27.9 Å². The van der Waals surface area contributed by atoms with Gasteiger partial charge in [0.05, 0.1) is 24.2 Å². The smallest absolute Gasteiger partial charge is 0.242 e. The number of carbonyl (C=O) groups is 1. The minimum atomic E-state index is -1.70. The fraction of sp³-hybridized carbons (Fsp3) is 0.345. The second-order valence-electron chi connectivity index (χ2n) is 10.8. The van der Waals surface area contributed by atoms with Gasteiger partial charge in [-0.05, 0) is 41.7 Å². The molecule has 2 N–H and O–H groups in total. The zero-order valence-electron chi connectivity index (χ0n) is 21.9. The molecule has 204 valence electrons. The lowest BCUT2D eigenvalue weighted by Crippen LogP contribution is -2.45. The lowest BCUT2D eigenvalue weighted by molar-refractivity contribution is -0.118. The molecule has 2 aromatic carbocycles. The van der Waals surface area contributed by atoms with Gasteiger partial charge in [-0.2, -0.15) is 5.26 Å². The number of hydrogen-bond acceptors (Lipinski definition) is 5. The number of benzene rings is 2. The molecule has 0 aliphatic carbocycles. The van der Waals surface area contributed by atoms with Crippen LogP contribution >= 0.6 is 23.2 Å². The molecule has 10 heteroatoms. The van der Waals surface area contributed by atoms with Gasteiger partial charge in [-0.3, -0.25) is 4.79 Å². The summed E-state index contributed by atoms with van der Waals surface area (Å²) in [6, 6.07) is 12.0. The highest BCUT2D eigenvalue weighted by Crippen LogP contribution is 2.52. The highest BCUT2D eigenvalue weighted by molar-refractivity contribution is 6.31. The number of halogens is 4. The Morgan fingerprint density at radius 3 is 2.59 bits per heavy atom. The van der Waals surface area contributed by atoms with Gasteiger partial charge in [0.1, 0.15) is 17.0 Å². The molecule has 1 aliphatic heterocycles. The quantitative estimate of drug-likeness (QED) is 0.346. The van der Waals surface area contributed by atoms with E-state index in [-0.39, 0.29) is 32.5 Å². The van der Waals surface area contributed by atoms with E-state index in [0.717, 1.165) is 6.07 Å². The summed E-state index contributed by atoms with van der Waals surface area (Å²) in [6.45, 7) is 5.92. The van der Waals surface area contributed by atoms with Gasteiger partial charge in [0, 0.05) is 40.5 Å². The largest absolute Gasteiger partial charge is 0.481 e. The summed E-state index contributed by atoms with van der Waals surface area (Å²) in [5.41, 5.74) is -1.62. The van der Waals surface area contributed by atoms with E-state index in [1.54, 1.807) is 12.1 Å². The SMILES string of the molecule is COc1cc(NC(=O)C2NC(CC(C)(C)C)C(C#N)(c3ccc(Cl)cc3F)C2c2cccc(Cl)c2F)ccn1. The van der Waals surface area contributed by atoms with Gasteiger partial charge in [0.25, 0.3) is 0 Å². The van der Waals surface area contributed by atoms with E-state index >= 15 is 8.78 Å². The fourth-order valence-electron chi connectivity index (χ4n) is 5.38. The predicted molar refractivity (Wildman–Crippen MR) is 147 cm³/mol. The number of pyridine rings is 1. The predicted octanol–water partition coefficient (Wildman–Crippen LogP) is 6.64. The Morgan fingerprint density at radius 1 is 1.21 bits per heavy atom. The lowest BCUT2D eigenvalue weighted by Gasteiger charge is -2.37. The summed E-state index contributed by atoms with van der Waals surface area (Å²) in [6.07, 6.45) is 1.84. The molecule has 6 nitrogen and oxygen atoms in total. The summed E-state index contributed by atoms with van der Waals surface area (Å²) in [7, 11) is 1.45. The molecule has 39 heavy (non-hydrogen) atoms. The molecule has 1 amide bonds. The van der Waals surface area contributed by atoms with Crippen molar-refractivity contribution in [2.24, 2.45) is 5.41 Å². The first-order valence-corrected chi connectivity index (χ1v) is 13.0. The molecule has 0 bridgehead atoms. The zero-order valence-corrected chi connectivity index (χ0v) is 23.4. The Bertz CT molecular complexity index is 1440. The van der Waals surface area contributed by atoms with Crippen LogP contribution in [-0.2, 0) is 10.2 Å². The zero-order chi connectivity index (χ0) is 28.5. The van der Waals surface area contributed by atoms with Crippen molar-refractivity contribution >= 4 is 34.8 Å². The van der Waals surface area contributed by atoms with Crippen LogP contribution in [-0.4, -0.2) is 30.1 Å². The molecule has 0 radical (unpaired) electrons. The van der Waals surface area contributed by atoms with Crippen LogP contribution in [0.25, 0.3) is 0 Å². The van der Waals surface area contributed by atoms with Crippen molar-refractivity contribution in [1.82, 2.24) is 10.3 Å². The van der Waals surface area contributed by atoms with Gasteiger partial charge >= 0.3 is 0 Å². The van der Waals surface area contributed by atoms with Crippen molar-refractivity contribution in [2.75, 3.05) is 12.4 Å². The Balaban J connectivity index is 1.95. The van der Waals surface area contributed by atoms with Crippen molar-refractivity contribution in [2.45, 2.75) is 50.6 Å². The van der Waals surface area contributed by atoms with Crippen LogP contribution in [0.3, 0.4) is 0 Å². The number of nitrogens with zero attached hydrogens (tertiary/aromatic N) is 2. The number of anilines is 1. The van der Waals surface area contributed by atoms with Gasteiger partial charge in [0.15, 0.2) is 0 Å². The monoisotopic (exact) mass is 572 g/mol. The maximum Gasteiger partial charge on any atom is 0.242 e. The molecule has 3 aromatic rings. The molecule has 1 aromatic heterocycles. The van der Waals surface area contributed by atoms with E-state index in [1.165, 1.54) is 43.6 Å². The van der Waals surface area contributed by atoms with Gasteiger partial charge in [-0.1, -0.05) is 62.2 Å². The number of nitrogens with one attached hydrogen (secondary N) is 2. The lowest BCUT2D eigenvalue weighted by atomic mass is 9.62. The molecule has 0 saturated carbocycles. The Morgan fingerprint density at radius 2 is 1.95 bits per heavy atom. The Kier molecular flexibility index (Phi) is 8.17.